The van der Waals surface area contributed by atoms with Crippen molar-refractivity contribution in [2.75, 3.05) is 0 Å². The second-order valence-electron chi connectivity index (χ2n) is 5.41. The zero-order chi connectivity index (χ0) is 12.5. The lowest BCUT2D eigenvalue weighted by Gasteiger charge is -2.75. The molecule has 0 nitrogen and oxygen atoms in total. The molecular weight excluding hydrogens is 238 g/mol. The van der Waals surface area contributed by atoms with Crippen LogP contribution in [-0.4, -0.2) is 6.98 Å². The van der Waals surface area contributed by atoms with E-state index >= 15 is 0 Å². The largest absolute Gasteiger partial charge is 0.484 e. The molecule has 4 rings (SSSR count). The molecule has 0 N–H and O–H groups in total. The fourth-order valence-electron chi connectivity index (χ4n) is 3.38. The molecule has 0 aliphatic heterocycles. The molecule has 17 heavy (non-hydrogen) atoms. The van der Waals surface area contributed by atoms with Gasteiger partial charge in [-0.1, -0.05) is 24.6 Å². The summed E-state index contributed by atoms with van der Waals surface area (Å²) in [7, 11) is 0. The first-order valence-electron chi connectivity index (χ1n) is 5.42. The van der Waals surface area contributed by atoms with Crippen LogP contribution >= 0.6 is 0 Å². The van der Waals surface area contributed by atoms with E-state index in [0.29, 0.717) is 5.56 Å². The number of hydrogen-bond donors (Lipinski definition) is 0. The Balaban J connectivity index is 1.87. The van der Waals surface area contributed by atoms with Crippen LogP contribution in [0.1, 0.15) is 24.8 Å². The van der Waals surface area contributed by atoms with Gasteiger partial charge < -0.3 is 12.9 Å². The summed E-state index contributed by atoms with van der Waals surface area (Å²) in [5, 5.41) is -1.53. The Morgan fingerprint density at radius 1 is 0.882 bits per heavy atom. The molecule has 0 atom stereocenters. The molecule has 0 heterocycles. The maximum absolute atomic E-state index is 13.0. The molecule has 2 bridgehead atoms. The van der Waals surface area contributed by atoms with E-state index in [-0.39, 0.29) is 19.3 Å². The zero-order valence-corrected chi connectivity index (χ0v) is 8.82. The van der Waals surface area contributed by atoms with Crippen LogP contribution in [0, 0.1) is 11.6 Å². The van der Waals surface area contributed by atoms with Gasteiger partial charge in [-0.25, -0.2) is 8.78 Å². The van der Waals surface area contributed by atoms with Gasteiger partial charge in [0, 0.05) is 6.07 Å². The standard InChI is InChI=1S/C11H9BF5/c13-8-1-7(2-9(14)3-8)10-4-11(5-10,6-10)12(15,16)17/h1-3H,4-6H2/q-1. The lowest BCUT2D eigenvalue weighted by molar-refractivity contribution is -0.0404. The summed E-state index contributed by atoms with van der Waals surface area (Å²) >= 11 is 0. The molecule has 1 aromatic rings. The average Bonchev–Trinajstić information content (AvgIpc) is 1.91. The number of hydrogen-bond acceptors (Lipinski definition) is 0. The van der Waals surface area contributed by atoms with Crippen molar-refractivity contribution in [3.63, 3.8) is 0 Å². The first-order valence-corrected chi connectivity index (χ1v) is 5.42. The minimum atomic E-state index is -4.84. The smallest absolute Gasteiger partial charge is 0.449 e. The molecule has 0 saturated heterocycles. The molecular formula is C11H9BF5-. The van der Waals surface area contributed by atoms with Gasteiger partial charge >= 0.3 is 6.98 Å². The highest BCUT2D eigenvalue weighted by Gasteiger charge is 2.74. The van der Waals surface area contributed by atoms with Gasteiger partial charge in [0.25, 0.3) is 0 Å². The molecule has 0 amide bonds. The summed E-state index contributed by atoms with van der Waals surface area (Å²) in [4.78, 5) is 0. The maximum atomic E-state index is 13.0. The van der Waals surface area contributed by atoms with Gasteiger partial charge in [0.15, 0.2) is 0 Å². The normalized spacial score (nSPS) is 35.1. The third-order valence-corrected chi connectivity index (χ3v) is 4.24. The van der Waals surface area contributed by atoms with Gasteiger partial charge in [-0.15, -0.1) is 0 Å². The minimum Gasteiger partial charge on any atom is -0.449 e. The fraction of sp³-hybridized carbons (Fsp3) is 0.455. The summed E-state index contributed by atoms with van der Waals surface area (Å²) in [6, 6.07) is 3.03. The van der Waals surface area contributed by atoms with Crippen molar-refractivity contribution in [2.45, 2.75) is 30.0 Å². The van der Waals surface area contributed by atoms with Gasteiger partial charge in [-0.05, 0) is 23.1 Å². The first-order chi connectivity index (χ1) is 7.76. The van der Waals surface area contributed by atoms with E-state index in [1.54, 1.807) is 0 Å². The predicted octanol–water partition coefficient (Wildman–Crippen LogP) is 3.99. The average molecular weight is 247 g/mol. The predicted molar refractivity (Wildman–Crippen MR) is 53.7 cm³/mol. The molecule has 6 heteroatoms. The molecule has 0 unspecified atom stereocenters. The van der Waals surface area contributed by atoms with Crippen LogP contribution in [0.4, 0.5) is 21.7 Å². The summed E-state index contributed by atoms with van der Waals surface area (Å²) in [6.45, 7) is -4.84. The molecule has 3 fully saturated rings. The van der Waals surface area contributed by atoms with E-state index < -0.39 is 29.3 Å². The summed E-state index contributed by atoms with van der Waals surface area (Å²) in [6.07, 6.45) is -0.0226. The number of halogens is 5. The topological polar surface area (TPSA) is 0 Å². The van der Waals surface area contributed by atoms with Crippen molar-refractivity contribution in [2.24, 2.45) is 0 Å². The van der Waals surface area contributed by atoms with Crippen molar-refractivity contribution in [1.82, 2.24) is 0 Å². The highest BCUT2D eigenvalue weighted by molar-refractivity contribution is 6.63. The Morgan fingerprint density at radius 3 is 1.76 bits per heavy atom. The van der Waals surface area contributed by atoms with Crippen LogP contribution in [0.5, 0.6) is 0 Å². The molecule has 92 valence electrons. The highest BCUT2D eigenvalue weighted by atomic mass is 19.4. The lowest BCUT2D eigenvalue weighted by atomic mass is 9.23. The van der Waals surface area contributed by atoms with E-state index in [1.165, 1.54) is 0 Å². The van der Waals surface area contributed by atoms with E-state index in [0.717, 1.165) is 18.2 Å². The fourth-order valence-corrected chi connectivity index (χ4v) is 3.38. The third-order valence-electron chi connectivity index (χ3n) is 4.24. The first kappa shape index (κ1) is 11.0. The third kappa shape index (κ3) is 1.29. The Labute approximate surface area is 94.9 Å². The Kier molecular flexibility index (Phi) is 1.85. The Bertz CT molecular complexity index is 453. The van der Waals surface area contributed by atoms with Crippen LogP contribution in [0.2, 0.25) is 5.31 Å². The number of rotatable bonds is 2. The quantitative estimate of drug-likeness (QED) is 0.547. The minimum absolute atomic E-state index is 0.00755. The summed E-state index contributed by atoms with van der Waals surface area (Å²) < 4.78 is 64.1. The molecule has 1 aromatic carbocycles. The number of benzene rings is 1. The van der Waals surface area contributed by atoms with Crippen molar-refractivity contribution < 1.29 is 21.7 Å². The molecule has 0 radical (unpaired) electrons. The Morgan fingerprint density at radius 2 is 1.35 bits per heavy atom. The summed E-state index contributed by atoms with van der Waals surface area (Å²) in [5.41, 5.74) is -0.253. The molecule has 3 aliphatic carbocycles. The SMILES string of the molecule is Fc1cc(F)cc(C23CC([B-](F)(F)F)(C2)C3)c1. The van der Waals surface area contributed by atoms with Crippen molar-refractivity contribution in [3.05, 3.63) is 35.4 Å². The second-order valence-corrected chi connectivity index (χ2v) is 5.41. The van der Waals surface area contributed by atoms with E-state index in [2.05, 4.69) is 0 Å². The van der Waals surface area contributed by atoms with Gasteiger partial charge in [-0.3, -0.25) is 0 Å². The van der Waals surface area contributed by atoms with Crippen molar-refractivity contribution in [3.8, 4) is 0 Å². The van der Waals surface area contributed by atoms with Gasteiger partial charge in [0.2, 0.25) is 0 Å². The van der Waals surface area contributed by atoms with E-state index in [9.17, 15) is 21.7 Å². The molecule has 0 aromatic heterocycles. The molecule has 3 aliphatic rings. The monoisotopic (exact) mass is 247 g/mol. The van der Waals surface area contributed by atoms with Crippen LogP contribution in [-0.2, 0) is 5.41 Å². The Hall–Kier alpha value is -1.07. The lowest BCUT2D eigenvalue weighted by Crippen LogP contribution is -2.67. The van der Waals surface area contributed by atoms with Gasteiger partial charge in [-0.2, -0.15) is 0 Å². The van der Waals surface area contributed by atoms with Crippen LogP contribution in [0.15, 0.2) is 18.2 Å². The van der Waals surface area contributed by atoms with Gasteiger partial charge in [0.05, 0.1) is 0 Å². The van der Waals surface area contributed by atoms with Crippen LogP contribution < -0.4 is 0 Å². The van der Waals surface area contributed by atoms with E-state index in [1.807, 2.05) is 0 Å². The van der Waals surface area contributed by atoms with Gasteiger partial charge in [0.1, 0.15) is 11.6 Å². The van der Waals surface area contributed by atoms with Crippen molar-refractivity contribution in [1.29, 1.82) is 0 Å². The molecule has 3 saturated carbocycles. The van der Waals surface area contributed by atoms with Crippen LogP contribution in [0.25, 0.3) is 0 Å². The highest BCUT2D eigenvalue weighted by Crippen LogP contribution is 2.82. The second kappa shape index (κ2) is 2.84. The maximum Gasteiger partial charge on any atom is 0.484 e. The van der Waals surface area contributed by atoms with Crippen molar-refractivity contribution >= 4 is 6.98 Å². The van der Waals surface area contributed by atoms with Crippen LogP contribution in [0.3, 0.4) is 0 Å². The zero-order valence-electron chi connectivity index (χ0n) is 8.82. The molecule has 0 spiro atoms. The summed E-state index contributed by atoms with van der Waals surface area (Å²) in [5.74, 6) is -1.45. The van der Waals surface area contributed by atoms with E-state index in [4.69, 9.17) is 0 Å².